The van der Waals surface area contributed by atoms with Crippen LogP contribution in [0.1, 0.15) is 30.9 Å². The minimum absolute atomic E-state index is 0.277. The highest BCUT2D eigenvalue weighted by atomic mass is 16.5. The number of urea groups is 1. The summed E-state index contributed by atoms with van der Waals surface area (Å²) in [6.45, 7) is 6.46. The van der Waals surface area contributed by atoms with E-state index in [1.54, 1.807) is 6.33 Å². The summed E-state index contributed by atoms with van der Waals surface area (Å²) in [4.78, 5) is 12.3. The maximum atomic E-state index is 12.3. The molecule has 0 aliphatic rings. The lowest BCUT2D eigenvalue weighted by Crippen LogP contribution is -2.28. The molecule has 0 fully saturated rings. The summed E-state index contributed by atoms with van der Waals surface area (Å²) in [7, 11) is 1.88. The van der Waals surface area contributed by atoms with Crippen molar-refractivity contribution < 1.29 is 9.32 Å². The molecule has 0 saturated heterocycles. The van der Waals surface area contributed by atoms with Crippen LogP contribution in [-0.2, 0) is 20.0 Å². The largest absolute Gasteiger partial charge is 0.359 e. The number of amides is 2. The molecule has 8 heteroatoms. The number of carbonyl (C=O) groups is 1. The Bertz CT molecular complexity index is 928. The average molecular weight is 368 g/mol. The molecule has 0 radical (unpaired) electrons. The van der Waals surface area contributed by atoms with E-state index in [-0.39, 0.29) is 12.6 Å². The van der Waals surface area contributed by atoms with Crippen LogP contribution in [-0.4, -0.2) is 26.0 Å². The summed E-state index contributed by atoms with van der Waals surface area (Å²) in [5, 5.41) is 17.7. The highest BCUT2D eigenvalue weighted by Gasteiger charge is 2.13. The standard InChI is InChI=1S/C19H24N6O2/c1-12(2)8-14-9-15(27-24-14)10-20-19(26)22-17-7-5-6-16(13(17)3)18-23-21-11-25(18)4/h5-7,9,11-12H,8,10H2,1-4H3,(H2,20,22,26). The van der Waals surface area contributed by atoms with E-state index in [1.807, 2.05) is 42.8 Å². The third-order valence-electron chi connectivity index (χ3n) is 4.18. The first kappa shape index (κ1) is 18.6. The zero-order valence-electron chi connectivity index (χ0n) is 16.0. The van der Waals surface area contributed by atoms with Gasteiger partial charge < -0.3 is 19.7 Å². The van der Waals surface area contributed by atoms with E-state index >= 15 is 0 Å². The number of nitrogens with zero attached hydrogens (tertiary/aromatic N) is 4. The number of benzene rings is 1. The molecular weight excluding hydrogens is 344 g/mol. The first-order chi connectivity index (χ1) is 12.9. The van der Waals surface area contributed by atoms with Crippen molar-refractivity contribution in [2.45, 2.75) is 33.7 Å². The molecule has 27 heavy (non-hydrogen) atoms. The van der Waals surface area contributed by atoms with Gasteiger partial charge in [-0.05, 0) is 30.9 Å². The van der Waals surface area contributed by atoms with Crippen molar-refractivity contribution >= 4 is 11.7 Å². The molecule has 0 saturated carbocycles. The monoisotopic (exact) mass is 368 g/mol. The SMILES string of the molecule is Cc1c(NC(=O)NCc2cc(CC(C)C)no2)cccc1-c1nncn1C. The van der Waals surface area contributed by atoms with Crippen molar-refractivity contribution in [1.82, 2.24) is 25.2 Å². The minimum Gasteiger partial charge on any atom is -0.359 e. The molecule has 0 unspecified atom stereocenters. The molecule has 1 aromatic carbocycles. The highest BCUT2D eigenvalue weighted by Crippen LogP contribution is 2.26. The topological polar surface area (TPSA) is 97.9 Å². The highest BCUT2D eigenvalue weighted by molar-refractivity contribution is 5.91. The Morgan fingerprint density at radius 1 is 1.33 bits per heavy atom. The van der Waals surface area contributed by atoms with Gasteiger partial charge in [0.25, 0.3) is 0 Å². The van der Waals surface area contributed by atoms with E-state index < -0.39 is 0 Å². The summed E-state index contributed by atoms with van der Waals surface area (Å²) in [6.07, 6.45) is 2.50. The molecule has 3 aromatic rings. The number of hydrogen-bond donors (Lipinski definition) is 2. The summed E-state index contributed by atoms with van der Waals surface area (Å²) in [5.41, 5.74) is 3.45. The Kier molecular flexibility index (Phi) is 5.54. The third-order valence-corrected chi connectivity index (χ3v) is 4.18. The number of aryl methyl sites for hydroxylation is 1. The van der Waals surface area contributed by atoms with Crippen molar-refractivity contribution in [2.24, 2.45) is 13.0 Å². The second kappa shape index (κ2) is 8.03. The Balaban J connectivity index is 1.63. The molecule has 8 nitrogen and oxygen atoms in total. The molecule has 0 aliphatic heterocycles. The van der Waals surface area contributed by atoms with Gasteiger partial charge in [0.2, 0.25) is 0 Å². The van der Waals surface area contributed by atoms with Crippen LogP contribution in [0.15, 0.2) is 35.1 Å². The average Bonchev–Trinajstić information content (AvgIpc) is 3.23. The number of anilines is 1. The second-order valence-electron chi connectivity index (χ2n) is 6.93. The van der Waals surface area contributed by atoms with Gasteiger partial charge in [0.05, 0.1) is 12.2 Å². The summed E-state index contributed by atoms with van der Waals surface area (Å²) >= 11 is 0. The fourth-order valence-electron chi connectivity index (χ4n) is 2.83. The lowest BCUT2D eigenvalue weighted by Gasteiger charge is -2.12. The smallest absolute Gasteiger partial charge is 0.319 e. The first-order valence-electron chi connectivity index (χ1n) is 8.87. The predicted molar refractivity (Wildman–Crippen MR) is 102 cm³/mol. The van der Waals surface area contributed by atoms with Gasteiger partial charge >= 0.3 is 6.03 Å². The van der Waals surface area contributed by atoms with Gasteiger partial charge in [0.1, 0.15) is 6.33 Å². The molecule has 3 rings (SSSR count). The number of aromatic nitrogens is 4. The Hall–Kier alpha value is -3.16. The minimum atomic E-state index is -0.310. The van der Waals surface area contributed by atoms with E-state index in [4.69, 9.17) is 4.52 Å². The molecule has 0 atom stereocenters. The van der Waals surface area contributed by atoms with Crippen LogP contribution in [0.25, 0.3) is 11.4 Å². The van der Waals surface area contributed by atoms with Gasteiger partial charge in [-0.1, -0.05) is 31.1 Å². The lowest BCUT2D eigenvalue weighted by atomic mass is 10.1. The molecular formula is C19H24N6O2. The maximum absolute atomic E-state index is 12.3. The number of carbonyl (C=O) groups excluding carboxylic acids is 1. The second-order valence-corrected chi connectivity index (χ2v) is 6.93. The molecule has 0 aliphatic carbocycles. The first-order valence-corrected chi connectivity index (χ1v) is 8.87. The Morgan fingerprint density at radius 3 is 2.85 bits per heavy atom. The molecule has 0 spiro atoms. The van der Waals surface area contributed by atoms with Crippen LogP contribution in [0.2, 0.25) is 0 Å². The fraction of sp³-hybridized carbons (Fsp3) is 0.368. The van der Waals surface area contributed by atoms with Gasteiger partial charge in [-0.15, -0.1) is 10.2 Å². The van der Waals surface area contributed by atoms with Crippen molar-refractivity contribution in [3.8, 4) is 11.4 Å². The summed E-state index contributed by atoms with van der Waals surface area (Å²) in [5.74, 6) is 1.88. The van der Waals surface area contributed by atoms with Gasteiger partial charge in [-0.2, -0.15) is 0 Å². The van der Waals surface area contributed by atoms with Gasteiger partial charge in [0.15, 0.2) is 11.6 Å². The van der Waals surface area contributed by atoms with Gasteiger partial charge in [-0.25, -0.2) is 4.79 Å². The normalized spacial score (nSPS) is 11.0. The van der Waals surface area contributed by atoms with Crippen LogP contribution in [0.3, 0.4) is 0 Å². The third kappa shape index (κ3) is 4.52. The quantitative estimate of drug-likeness (QED) is 0.696. The summed E-state index contributed by atoms with van der Waals surface area (Å²) < 4.78 is 7.10. The van der Waals surface area contributed by atoms with Crippen LogP contribution in [0, 0.1) is 12.8 Å². The molecule has 2 heterocycles. The Morgan fingerprint density at radius 2 is 2.15 bits per heavy atom. The maximum Gasteiger partial charge on any atom is 0.319 e. The van der Waals surface area contributed by atoms with Crippen molar-refractivity contribution in [3.63, 3.8) is 0 Å². The molecule has 2 N–H and O–H groups in total. The number of rotatable bonds is 6. The number of nitrogens with one attached hydrogen (secondary N) is 2. The van der Waals surface area contributed by atoms with Gasteiger partial charge in [-0.3, -0.25) is 0 Å². The van der Waals surface area contributed by atoms with Gasteiger partial charge in [0, 0.05) is 24.4 Å². The van der Waals surface area contributed by atoms with E-state index in [1.165, 1.54) is 0 Å². The molecule has 2 aromatic heterocycles. The van der Waals surface area contributed by atoms with Crippen LogP contribution < -0.4 is 10.6 Å². The molecule has 2 amide bonds. The van der Waals surface area contributed by atoms with E-state index in [0.29, 0.717) is 17.4 Å². The lowest BCUT2D eigenvalue weighted by molar-refractivity contribution is 0.250. The fourth-order valence-corrected chi connectivity index (χ4v) is 2.83. The molecule has 142 valence electrons. The van der Waals surface area contributed by atoms with E-state index in [9.17, 15) is 4.79 Å². The van der Waals surface area contributed by atoms with Crippen LogP contribution in [0.5, 0.6) is 0 Å². The van der Waals surface area contributed by atoms with Crippen LogP contribution in [0.4, 0.5) is 10.5 Å². The molecule has 0 bridgehead atoms. The predicted octanol–water partition coefficient (Wildman–Crippen LogP) is 3.30. The van der Waals surface area contributed by atoms with E-state index in [0.717, 1.165) is 29.1 Å². The summed E-state index contributed by atoms with van der Waals surface area (Å²) in [6, 6.07) is 7.24. The van der Waals surface area contributed by atoms with Crippen molar-refractivity contribution in [1.29, 1.82) is 0 Å². The van der Waals surface area contributed by atoms with Crippen LogP contribution >= 0.6 is 0 Å². The van der Waals surface area contributed by atoms with E-state index in [2.05, 4.69) is 39.8 Å². The van der Waals surface area contributed by atoms with Crippen molar-refractivity contribution in [2.75, 3.05) is 5.32 Å². The zero-order valence-corrected chi connectivity index (χ0v) is 16.0. The Labute approximate surface area is 158 Å². The number of hydrogen-bond acceptors (Lipinski definition) is 5. The zero-order chi connectivity index (χ0) is 19.4. The van der Waals surface area contributed by atoms with Crippen molar-refractivity contribution in [3.05, 3.63) is 47.6 Å².